The predicted molar refractivity (Wildman–Crippen MR) is 165 cm³/mol. The fourth-order valence-electron chi connectivity index (χ4n) is 6.21. The Morgan fingerprint density at radius 1 is 0.609 bits per heavy atom. The third-order valence-corrected chi connectivity index (χ3v) is 8.70. The Balaban J connectivity index is 1.45. The summed E-state index contributed by atoms with van der Waals surface area (Å²) in [6.45, 7) is 3.43. The molecule has 46 heavy (non-hydrogen) atoms. The second kappa shape index (κ2) is 14.6. The predicted octanol–water partition coefficient (Wildman–Crippen LogP) is 1.30. The minimum absolute atomic E-state index is 0.0629. The highest BCUT2D eigenvalue weighted by atomic mass is 16.6. The quantitative estimate of drug-likeness (QED) is 0.479. The van der Waals surface area contributed by atoms with Crippen LogP contribution in [0.1, 0.15) is 50.7 Å². The third kappa shape index (κ3) is 7.55. The van der Waals surface area contributed by atoms with Crippen molar-refractivity contribution in [2.45, 2.75) is 88.7 Å². The number of rotatable bonds is 4. The Hall–Kier alpha value is -4.74. The number of ether oxygens (including phenoxy) is 2. The lowest BCUT2D eigenvalue weighted by atomic mass is 10.1. The summed E-state index contributed by atoms with van der Waals surface area (Å²) in [6.07, 6.45) is -0.620. The first kappa shape index (κ1) is 32.6. The van der Waals surface area contributed by atoms with Crippen molar-refractivity contribution < 1.29 is 38.2 Å². The number of hydrogen-bond acceptors (Lipinski definition) is 8. The fraction of sp³-hybridized carbons (Fsp3) is 0.471. The van der Waals surface area contributed by atoms with Gasteiger partial charge in [-0.3, -0.25) is 19.2 Å². The number of carbonyl (C=O) groups is 6. The number of amides is 4. The van der Waals surface area contributed by atoms with Crippen LogP contribution in [-0.2, 0) is 51.1 Å². The number of cyclic esters (lactones) is 2. The van der Waals surface area contributed by atoms with Crippen molar-refractivity contribution in [3.8, 4) is 0 Å². The van der Waals surface area contributed by atoms with Crippen LogP contribution < -0.4 is 10.6 Å². The summed E-state index contributed by atoms with van der Waals surface area (Å²) < 4.78 is 11.5. The highest BCUT2D eigenvalue weighted by molar-refractivity contribution is 5.96. The zero-order valence-corrected chi connectivity index (χ0v) is 26.1. The van der Waals surface area contributed by atoms with Gasteiger partial charge >= 0.3 is 11.9 Å². The van der Waals surface area contributed by atoms with Crippen molar-refractivity contribution in [1.82, 2.24) is 20.4 Å². The topological polar surface area (TPSA) is 151 Å². The first-order chi connectivity index (χ1) is 22.1. The molecule has 5 rings (SSSR count). The molecular formula is C34H40N4O8. The third-order valence-electron chi connectivity index (χ3n) is 8.70. The molecule has 3 heterocycles. The van der Waals surface area contributed by atoms with Crippen molar-refractivity contribution in [3.63, 3.8) is 0 Å². The summed E-state index contributed by atoms with van der Waals surface area (Å²) >= 11 is 0. The van der Waals surface area contributed by atoms with Crippen molar-refractivity contribution in [1.29, 1.82) is 0 Å². The van der Waals surface area contributed by atoms with E-state index in [1.54, 1.807) is 48.5 Å². The van der Waals surface area contributed by atoms with E-state index in [4.69, 9.17) is 9.47 Å². The number of nitrogens with one attached hydrogen (secondary N) is 2. The molecule has 0 spiro atoms. The second-order valence-electron chi connectivity index (χ2n) is 12.1. The molecule has 2 aromatic carbocycles. The Bertz CT molecular complexity index is 1340. The molecule has 2 unspecified atom stereocenters. The second-order valence-corrected chi connectivity index (χ2v) is 12.1. The average Bonchev–Trinajstić information content (AvgIpc) is 3.75. The van der Waals surface area contributed by atoms with Gasteiger partial charge in [0.15, 0.2) is 12.2 Å². The molecular weight excluding hydrogens is 592 g/mol. The van der Waals surface area contributed by atoms with Crippen LogP contribution in [0.4, 0.5) is 0 Å². The Morgan fingerprint density at radius 2 is 0.978 bits per heavy atom. The van der Waals surface area contributed by atoms with Gasteiger partial charge in [-0.2, -0.15) is 0 Å². The van der Waals surface area contributed by atoms with Gasteiger partial charge in [-0.05, 0) is 50.7 Å². The molecule has 3 fully saturated rings. The number of esters is 2. The summed E-state index contributed by atoms with van der Waals surface area (Å²) in [7, 11) is 0. The molecule has 12 heteroatoms. The Kier molecular flexibility index (Phi) is 10.3. The van der Waals surface area contributed by atoms with Crippen LogP contribution in [0, 0.1) is 0 Å². The molecule has 3 saturated heterocycles. The van der Waals surface area contributed by atoms with E-state index in [-0.39, 0.29) is 25.9 Å². The highest BCUT2D eigenvalue weighted by Gasteiger charge is 2.43. The van der Waals surface area contributed by atoms with E-state index in [0.29, 0.717) is 25.7 Å². The van der Waals surface area contributed by atoms with Crippen molar-refractivity contribution in [3.05, 3.63) is 71.8 Å². The minimum Gasteiger partial charge on any atom is -0.450 e. The fourth-order valence-corrected chi connectivity index (χ4v) is 6.21. The molecule has 3 aliphatic heterocycles. The zero-order chi connectivity index (χ0) is 32.8. The van der Waals surface area contributed by atoms with E-state index in [0.717, 1.165) is 11.1 Å². The van der Waals surface area contributed by atoms with Crippen molar-refractivity contribution in [2.75, 3.05) is 13.1 Å². The van der Waals surface area contributed by atoms with Gasteiger partial charge in [0.25, 0.3) is 11.8 Å². The monoisotopic (exact) mass is 632 g/mol. The lowest BCUT2D eigenvalue weighted by Crippen LogP contribution is -2.56. The number of carbonyl (C=O) groups excluding carboxylic acids is 6. The molecule has 3 aliphatic rings. The van der Waals surface area contributed by atoms with Gasteiger partial charge in [0, 0.05) is 25.9 Å². The molecule has 0 aromatic heterocycles. The summed E-state index contributed by atoms with van der Waals surface area (Å²) in [5.74, 6) is -3.81. The maximum atomic E-state index is 13.9. The van der Waals surface area contributed by atoms with Crippen LogP contribution in [0.2, 0.25) is 0 Å². The van der Waals surface area contributed by atoms with E-state index in [1.807, 2.05) is 12.1 Å². The van der Waals surface area contributed by atoms with E-state index < -0.39 is 71.9 Å². The highest BCUT2D eigenvalue weighted by Crippen LogP contribution is 2.24. The molecule has 2 aromatic rings. The first-order valence-corrected chi connectivity index (χ1v) is 15.8. The van der Waals surface area contributed by atoms with Gasteiger partial charge in [-0.15, -0.1) is 0 Å². The molecule has 2 N–H and O–H groups in total. The molecule has 0 radical (unpaired) electrons. The molecule has 0 aliphatic carbocycles. The Labute approximate surface area is 267 Å². The minimum atomic E-state index is -1.26. The summed E-state index contributed by atoms with van der Waals surface area (Å²) in [4.78, 5) is 84.1. The maximum absolute atomic E-state index is 13.9. The van der Waals surface area contributed by atoms with E-state index in [2.05, 4.69) is 10.6 Å². The van der Waals surface area contributed by atoms with Crippen LogP contribution >= 0.6 is 0 Å². The van der Waals surface area contributed by atoms with Gasteiger partial charge in [0.1, 0.15) is 24.2 Å². The molecule has 4 amide bonds. The van der Waals surface area contributed by atoms with Crippen LogP contribution in [0.3, 0.4) is 0 Å². The van der Waals surface area contributed by atoms with Gasteiger partial charge in [-0.25, -0.2) is 9.59 Å². The van der Waals surface area contributed by atoms with Crippen molar-refractivity contribution >= 4 is 35.6 Å². The number of hydrogen-bond donors (Lipinski definition) is 2. The van der Waals surface area contributed by atoms with Crippen LogP contribution in [-0.4, -0.2) is 94.8 Å². The van der Waals surface area contributed by atoms with Crippen LogP contribution in [0.5, 0.6) is 0 Å². The molecule has 0 saturated carbocycles. The standard InChI is InChI=1S/C34H40N4O8/c1-21-33(43)45-27(19-23-11-5-3-6-12-23)31(41)38-18-10-16-26(38)30(40)36-22(2)34(44)46-28(20-24-13-7-4-8-14-24)32(42)37-17-9-15-25(37)29(39)35-21/h3-8,11-14,21-22,25-28H,9-10,15-20H2,1-2H3,(H,35,39)(H,36,40)/t21-,22-,25-,26-,27?,28?/m0/s1. The van der Waals surface area contributed by atoms with Crippen LogP contribution in [0.15, 0.2) is 60.7 Å². The summed E-state index contributed by atoms with van der Waals surface area (Å²) in [5.41, 5.74) is 1.49. The van der Waals surface area contributed by atoms with E-state index in [9.17, 15) is 28.8 Å². The van der Waals surface area contributed by atoms with Gasteiger partial charge in [0.2, 0.25) is 11.8 Å². The normalized spacial score (nSPS) is 28.3. The van der Waals surface area contributed by atoms with E-state index in [1.165, 1.54) is 23.6 Å². The first-order valence-electron chi connectivity index (χ1n) is 15.8. The number of fused-ring (bicyclic) bond motifs is 2. The molecule has 12 nitrogen and oxygen atoms in total. The molecule has 244 valence electrons. The summed E-state index contributed by atoms with van der Waals surface area (Å²) in [6, 6.07) is 14.0. The zero-order valence-electron chi connectivity index (χ0n) is 26.1. The summed E-state index contributed by atoms with van der Waals surface area (Å²) in [5, 5.41) is 5.31. The molecule has 6 atom stereocenters. The van der Waals surface area contributed by atoms with E-state index >= 15 is 0 Å². The van der Waals surface area contributed by atoms with Gasteiger partial charge < -0.3 is 29.9 Å². The largest absolute Gasteiger partial charge is 0.450 e. The van der Waals surface area contributed by atoms with Crippen LogP contribution in [0.25, 0.3) is 0 Å². The van der Waals surface area contributed by atoms with Crippen molar-refractivity contribution in [2.24, 2.45) is 0 Å². The van der Waals surface area contributed by atoms with Gasteiger partial charge in [-0.1, -0.05) is 60.7 Å². The van der Waals surface area contributed by atoms with Gasteiger partial charge in [0.05, 0.1) is 0 Å². The lowest BCUT2D eigenvalue weighted by Gasteiger charge is -2.31. The smallest absolute Gasteiger partial charge is 0.329 e. The number of benzene rings is 2. The maximum Gasteiger partial charge on any atom is 0.329 e. The molecule has 0 bridgehead atoms. The number of nitrogens with zero attached hydrogens (tertiary/aromatic N) is 2. The SMILES string of the molecule is C[C@@H]1NC(=O)[C@@H]2CCCN2C(=O)C(Cc2ccccc2)OC(=O)[C@H](C)NC(=O)[C@@H]2CCCN2C(=O)C(Cc2ccccc2)OC1=O. The average molecular weight is 633 g/mol. The Morgan fingerprint density at radius 3 is 1.35 bits per heavy atom. The lowest BCUT2D eigenvalue weighted by molar-refractivity contribution is -0.165.